The Morgan fingerprint density at radius 3 is 1.62 bits per heavy atom. The van der Waals surface area contributed by atoms with Crippen molar-refractivity contribution in [3.63, 3.8) is 0 Å². The van der Waals surface area contributed by atoms with E-state index in [-0.39, 0.29) is 25.2 Å². The molecule has 42 heavy (non-hydrogen) atoms. The largest absolute Gasteiger partial charge is 0.462 e. The van der Waals surface area contributed by atoms with E-state index in [1.54, 1.807) is 0 Å². The Kier molecular flexibility index (Phi) is 31.2. The molecule has 1 atom stereocenters. The van der Waals surface area contributed by atoms with Crippen LogP contribution in [0, 0.1) is 0 Å². The molecule has 240 valence electrons. The van der Waals surface area contributed by atoms with Crippen molar-refractivity contribution in [3.05, 3.63) is 60.8 Å². The smallest absolute Gasteiger partial charge is 0.306 e. The van der Waals surface area contributed by atoms with Gasteiger partial charge in [-0.25, -0.2) is 0 Å². The summed E-state index contributed by atoms with van der Waals surface area (Å²) in [6.45, 7) is 3.94. The molecule has 1 N–H and O–H groups in total. The highest BCUT2D eigenvalue weighted by atomic mass is 16.6. The molecule has 0 amide bonds. The number of ether oxygens (including phenoxy) is 2. The van der Waals surface area contributed by atoms with Gasteiger partial charge in [0.25, 0.3) is 0 Å². The zero-order chi connectivity index (χ0) is 30.8. The van der Waals surface area contributed by atoms with Crippen LogP contribution in [-0.4, -0.2) is 36.4 Å². The number of hydrogen-bond donors (Lipinski definition) is 1. The Balaban J connectivity index is 3.70. The molecule has 0 aliphatic carbocycles. The van der Waals surface area contributed by atoms with Gasteiger partial charge in [-0.3, -0.25) is 9.59 Å². The van der Waals surface area contributed by atoms with E-state index in [0.717, 1.165) is 70.6 Å². The minimum absolute atomic E-state index is 0.0895. The first kappa shape index (κ1) is 39.6. The lowest BCUT2D eigenvalue weighted by Crippen LogP contribution is -2.28. The second kappa shape index (κ2) is 33.1. The summed E-state index contributed by atoms with van der Waals surface area (Å²) in [7, 11) is 0. The number of esters is 2. The lowest BCUT2D eigenvalue weighted by molar-refractivity contribution is -0.161. The van der Waals surface area contributed by atoms with Gasteiger partial charge in [-0.2, -0.15) is 0 Å². The van der Waals surface area contributed by atoms with Crippen LogP contribution in [0.2, 0.25) is 0 Å². The fraction of sp³-hybridized carbons (Fsp3) is 0.676. The Morgan fingerprint density at radius 1 is 0.571 bits per heavy atom. The molecule has 0 aliphatic rings. The number of carbonyl (C=O) groups excluding carboxylic acids is 2. The van der Waals surface area contributed by atoms with Crippen LogP contribution in [0.15, 0.2) is 60.8 Å². The van der Waals surface area contributed by atoms with Crippen LogP contribution >= 0.6 is 0 Å². The van der Waals surface area contributed by atoms with E-state index in [9.17, 15) is 14.7 Å². The third-order valence-electron chi connectivity index (χ3n) is 6.80. The molecule has 0 aromatic carbocycles. The fourth-order valence-electron chi connectivity index (χ4n) is 4.24. The molecule has 0 aromatic heterocycles. The van der Waals surface area contributed by atoms with Crippen molar-refractivity contribution in [3.8, 4) is 0 Å². The Bertz CT molecular complexity index is 762. The molecule has 0 bridgehead atoms. The lowest BCUT2D eigenvalue weighted by atomic mass is 10.1. The maximum absolute atomic E-state index is 12.1. The molecule has 5 nitrogen and oxygen atoms in total. The standard InChI is InChI=1S/C37H62O5/c1-3-5-7-9-11-13-15-17-18-20-22-24-26-28-30-32-37(40)42-35(33-38)34-41-36(39)31-29-27-25-23-21-19-16-14-12-10-8-6-4-2/h5,7,11,13-14,16-18,22,24,35,38H,3-4,6,8-10,12,15,19-21,23,25-34H2,1-2H3/t35-/m0/s1. The first-order valence-corrected chi connectivity index (χ1v) is 16.8. The summed E-state index contributed by atoms with van der Waals surface area (Å²) in [6.07, 6.45) is 41.3. The van der Waals surface area contributed by atoms with Crippen LogP contribution in [0.3, 0.4) is 0 Å². The van der Waals surface area contributed by atoms with Crippen molar-refractivity contribution in [2.75, 3.05) is 13.2 Å². The summed E-state index contributed by atoms with van der Waals surface area (Å²) in [5.41, 5.74) is 0. The van der Waals surface area contributed by atoms with Crippen molar-refractivity contribution in [1.29, 1.82) is 0 Å². The third-order valence-corrected chi connectivity index (χ3v) is 6.80. The highest BCUT2D eigenvalue weighted by Crippen LogP contribution is 2.10. The predicted molar refractivity (Wildman–Crippen MR) is 177 cm³/mol. The minimum atomic E-state index is -0.796. The second-order valence-corrected chi connectivity index (χ2v) is 10.9. The van der Waals surface area contributed by atoms with Crippen molar-refractivity contribution in [2.24, 2.45) is 0 Å². The number of aliphatic hydroxyl groups is 1. The van der Waals surface area contributed by atoms with Gasteiger partial charge in [0.1, 0.15) is 6.61 Å². The summed E-state index contributed by atoms with van der Waals surface area (Å²) in [5.74, 6) is -0.657. The van der Waals surface area contributed by atoms with Gasteiger partial charge in [0.05, 0.1) is 6.61 Å². The number of rotatable bonds is 29. The number of carbonyl (C=O) groups is 2. The van der Waals surface area contributed by atoms with E-state index in [2.05, 4.69) is 74.6 Å². The summed E-state index contributed by atoms with van der Waals surface area (Å²) < 4.78 is 10.5. The van der Waals surface area contributed by atoms with E-state index in [1.807, 2.05) is 0 Å². The molecule has 0 saturated carbocycles. The second-order valence-electron chi connectivity index (χ2n) is 10.9. The zero-order valence-electron chi connectivity index (χ0n) is 27.0. The van der Waals surface area contributed by atoms with Crippen LogP contribution in [0.4, 0.5) is 0 Å². The van der Waals surface area contributed by atoms with Gasteiger partial charge in [-0.1, -0.05) is 113 Å². The first-order valence-electron chi connectivity index (χ1n) is 16.8. The number of aliphatic hydroxyl groups excluding tert-OH is 1. The van der Waals surface area contributed by atoms with Crippen LogP contribution in [0.25, 0.3) is 0 Å². The van der Waals surface area contributed by atoms with E-state index in [1.165, 1.54) is 44.9 Å². The van der Waals surface area contributed by atoms with Gasteiger partial charge in [-0.05, 0) is 77.0 Å². The highest BCUT2D eigenvalue weighted by molar-refractivity contribution is 5.70. The molecular weight excluding hydrogens is 524 g/mol. The fourth-order valence-corrected chi connectivity index (χ4v) is 4.24. The van der Waals surface area contributed by atoms with Crippen LogP contribution < -0.4 is 0 Å². The van der Waals surface area contributed by atoms with Crippen molar-refractivity contribution in [1.82, 2.24) is 0 Å². The normalized spacial score (nSPS) is 12.9. The topological polar surface area (TPSA) is 72.8 Å². The zero-order valence-corrected chi connectivity index (χ0v) is 27.0. The number of allylic oxidation sites excluding steroid dienone is 10. The number of hydrogen-bond acceptors (Lipinski definition) is 5. The van der Waals surface area contributed by atoms with Gasteiger partial charge in [-0.15, -0.1) is 0 Å². The number of unbranched alkanes of at least 4 members (excludes halogenated alkanes) is 11. The van der Waals surface area contributed by atoms with Crippen LogP contribution in [0.1, 0.15) is 142 Å². The highest BCUT2D eigenvalue weighted by Gasteiger charge is 2.15. The Hall–Kier alpha value is -2.40. The molecule has 0 aliphatic heterocycles. The van der Waals surface area contributed by atoms with E-state index < -0.39 is 6.10 Å². The summed E-state index contributed by atoms with van der Waals surface area (Å²) in [6, 6.07) is 0. The van der Waals surface area contributed by atoms with Crippen molar-refractivity contribution >= 4 is 11.9 Å². The van der Waals surface area contributed by atoms with Crippen LogP contribution in [-0.2, 0) is 19.1 Å². The molecular formula is C37H62O5. The van der Waals surface area contributed by atoms with Crippen molar-refractivity contribution < 1.29 is 24.2 Å². The maximum Gasteiger partial charge on any atom is 0.306 e. The molecule has 0 unspecified atom stereocenters. The van der Waals surface area contributed by atoms with Gasteiger partial charge < -0.3 is 14.6 Å². The summed E-state index contributed by atoms with van der Waals surface area (Å²) in [5, 5.41) is 9.50. The van der Waals surface area contributed by atoms with Crippen molar-refractivity contribution in [2.45, 2.75) is 148 Å². The molecule has 0 heterocycles. The monoisotopic (exact) mass is 586 g/mol. The average Bonchev–Trinajstić information content (AvgIpc) is 2.99. The molecule has 0 rings (SSSR count). The third kappa shape index (κ3) is 30.6. The van der Waals surface area contributed by atoms with E-state index in [0.29, 0.717) is 12.8 Å². The summed E-state index contributed by atoms with van der Waals surface area (Å²) >= 11 is 0. The minimum Gasteiger partial charge on any atom is -0.462 e. The summed E-state index contributed by atoms with van der Waals surface area (Å²) in [4.78, 5) is 24.1. The first-order chi connectivity index (χ1) is 20.6. The van der Waals surface area contributed by atoms with Gasteiger partial charge >= 0.3 is 11.9 Å². The van der Waals surface area contributed by atoms with Crippen LogP contribution in [0.5, 0.6) is 0 Å². The van der Waals surface area contributed by atoms with Gasteiger partial charge in [0, 0.05) is 12.8 Å². The van der Waals surface area contributed by atoms with Gasteiger partial charge in [0.2, 0.25) is 0 Å². The molecule has 0 saturated heterocycles. The molecule has 0 aromatic rings. The Morgan fingerprint density at radius 2 is 1.02 bits per heavy atom. The molecule has 0 spiro atoms. The quantitative estimate of drug-likeness (QED) is 0.0536. The molecule has 0 fully saturated rings. The molecule has 5 heteroatoms. The maximum atomic E-state index is 12.1. The van der Waals surface area contributed by atoms with Gasteiger partial charge in [0.15, 0.2) is 6.10 Å². The Labute approximate surface area is 258 Å². The SMILES string of the molecule is CCC=CCC=CCC=CCC=CCCCCC(=O)O[C@@H](CO)COC(=O)CCCCCCCC=CCCCCCC. The predicted octanol–water partition coefficient (Wildman–Crippen LogP) is 10.1. The van der Waals surface area contributed by atoms with E-state index in [4.69, 9.17) is 9.47 Å². The lowest BCUT2D eigenvalue weighted by Gasteiger charge is -2.15. The average molecular weight is 587 g/mol. The molecule has 0 radical (unpaired) electrons. The van der Waals surface area contributed by atoms with E-state index >= 15 is 0 Å².